The molecule has 0 amide bonds. The van der Waals surface area contributed by atoms with E-state index in [0.29, 0.717) is 5.56 Å². The van der Waals surface area contributed by atoms with E-state index in [1.807, 2.05) is 36.4 Å². The quantitative estimate of drug-likeness (QED) is 0.869. The third-order valence-electron chi connectivity index (χ3n) is 2.58. The van der Waals surface area contributed by atoms with Gasteiger partial charge < -0.3 is 5.11 Å². The van der Waals surface area contributed by atoms with Gasteiger partial charge in [-0.3, -0.25) is 0 Å². The minimum Gasteiger partial charge on any atom is -0.478 e. The third kappa shape index (κ3) is 2.56. The van der Waals surface area contributed by atoms with Crippen molar-refractivity contribution in [2.45, 2.75) is 5.33 Å². The first kappa shape index (κ1) is 11.9. The van der Waals surface area contributed by atoms with E-state index in [9.17, 15) is 4.79 Å². The van der Waals surface area contributed by atoms with Crippen molar-refractivity contribution in [3.63, 3.8) is 0 Å². The molecule has 0 unspecified atom stereocenters. The maximum atomic E-state index is 11.1. The molecule has 0 aliphatic carbocycles. The molecule has 0 fully saturated rings. The summed E-state index contributed by atoms with van der Waals surface area (Å²) in [6, 6.07) is 14.9. The average molecular weight is 291 g/mol. The normalized spacial score (nSPS) is 10.2. The second-order valence-corrected chi connectivity index (χ2v) is 4.24. The zero-order valence-corrected chi connectivity index (χ0v) is 10.6. The van der Waals surface area contributed by atoms with Gasteiger partial charge in [-0.2, -0.15) is 0 Å². The first-order valence-corrected chi connectivity index (χ1v) is 6.32. The molecule has 2 aromatic carbocycles. The standard InChI is InChI=1S/C14H11BrO2/c15-9-10-5-7-11(8-6-10)12-3-1-2-4-13(12)14(16)17/h1-8H,9H2,(H,16,17). The summed E-state index contributed by atoms with van der Waals surface area (Å²) in [5.41, 5.74) is 3.18. The second-order valence-electron chi connectivity index (χ2n) is 3.68. The number of halogens is 1. The van der Waals surface area contributed by atoms with Crippen LogP contribution in [0.15, 0.2) is 48.5 Å². The number of carbonyl (C=O) groups is 1. The Morgan fingerprint density at radius 1 is 1.06 bits per heavy atom. The molecule has 3 heteroatoms. The highest BCUT2D eigenvalue weighted by Crippen LogP contribution is 2.24. The molecule has 2 nitrogen and oxygen atoms in total. The number of carboxylic acid groups (broad SMARTS) is 1. The Labute approximate surface area is 108 Å². The lowest BCUT2D eigenvalue weighted by Crippen LogP contribution is -1.98. The van der Waals surface area contributed by atoms with Crippen LogP contribution in [0.1, 0.15) is 15.9 Å². The average Bonchev–Trinajstić information content (AvgIpc) is 2.39. The summed E-state index contributed by atoms with van der Waals surface area (Å²) in [4.78, 5) is 11.1. The molecule has 0 radical (unpaired) electrons. The molecule has 2 aromatic rings. The molecule has 0 saturated heterocycles. The molecule has 0 aromatic heterocycles. The zero-order valence-electron chi connectivity index (χ0n) is 9.06. The summed E-state index contributed by atoms with van der Waals surface area (Å²) in [5, 5.41) is 9.92. The highest BCUT2D eigenvalue weighted by atomic mass is 79.9. The van der Waals surface area contributed by atoms with Crippen molar-refractivity contribution in [2.24, 2.45) is 0 Å². The molecule has 0 bridgehead atoms. The molecule has 17 heavy (non-hydrogen) atoms. The summed E-state index contributed by atoms with van der Waals surface area (Å²) >= 11 is 3.38. The van der Waals surface area contributed by atoms with E-state index in [0.717, 1.165) is 16.5 Å². The smallest absolute Gasteiger partial charge is 0.336 e. The molecule has 0 atom stereocenters. The molecule has 86 valence electrons. The molecule has 0 spiro atoms. The van der Waals surface area contributed by atoms with Gasteiger partial charge >= 0.3 is 5.97 Å². The number of hydrogen-bond donors (Lipinski definition) is 1. The Hall–Kier alpha value is -1.61. The van der Waals surface area contributed by atoms with E-state index >= 15 is 0 Å². The molecular weight excluding hydrogens is 280 g/mol. The topological polar surface area (TPSA) is 37.3 Å². The number of carboxylic acids is 1. The predicted octanol–water partition coefficient (Wildman–Crippen LogP) is 3.95. The maximum absolute atomic E-state index is 11.1. The Bertz CT molecular complexity index is 532. The summed E-state index contributed by atoms with van der Waals surface area (Å²) in [6.07, 6.45) is 0. The summed E-state index contributed by atoms with van der Waals surface area (Å²) in [7, 11) is 0. The minimum atomic E-state index is -0.898. The lowest BCUT2D eigenvalue weighted by atomic mass is 9.99. The lowest BCUT2D eigenvalue weighted by Gasteiger charge is -2.06. The van der Waals surface area contributed by atoms with Gasteiger partial charge in [0.05, 0.1) is 5.56 Å². The van der Waals surface area contributed by atoms with E-state index in [4.69, 9.17) is 5.11 Å². The van der Waals surface area contributed by atoms with Crippen LogP contribution in [-0.4, -0.2) is 11.1 Å². The SMILES string of the molecule is O=C(O)c1ccccc1-c1ccc(CBr)cc1. The molecule has 1 N–H and O–H groups in total. The zero-order chi connectivity index (χ0) is 12.3. The van der Waals surface area contributed by atoms with Crippen molar-refractivity contribution >= 4 is 21.9 Å². The van der Waals surface area contributed by atoms with Gasteiger partial charge in [0.2, 0.25) is 0 Å². The first-order chi connectivity index (χ1) is 8.22. The molecule has 0 saturated carbocycles. The summed E-state index contributed by atoms with van der Waals surface area (Å²) in [6.45, 7) is 0. The van der Waals surface area contributed by atoms with E-state index in [2.05, 4.69) is 15.9 Å². The molecule has 0 aliphatic rings. The van der Waals surface area contributed by atoms with Crippen LogP contribution < -0.4 is 0 Å². The Morgan fingerprint density at radius 2 is 1.71 bits per heavy atom. The Morgan fingerprint density at radius 3 is 2.29 bits per heavy atom. The Kier molecular flexibility index (Phi) is 3.59. The van der Waals surface area contributed by atoms with Crippen molar-refractivity contribution in [3.8, 4) is 11.1 Å². The van der Waals surface area contributed by atoms with Gasteiger partial charge in [0.1, 0.15) is 0 Å². The van der Waals surface area contributed by atoms with Gasteiger partial charge in [0.15, 0.2) is 0 Å². The second kappa shape index (κ2) is 5.15. The fraction of sp³-hybridized carbons (Fsp3) is 0.0714. The summed E-state index contributed by atoms with van der Waals surface area (Å²) < 4.78 is 0. The maximum Gasteiger partial charge on any atom is 0.336 e. The number of aromatic carboxylic acids is 1. The van der Waals surface area contributed by atoms with E-state index in [-0.39, 0.29) is 0 Å². The first-order valence-electron chi connectivity index (χ1n) is 5.20. The third-order valence-corrected chi connectivity index (χ3v) is 3.22. The van der Waals surface area contributed by atoms with Crippen LogP contribution in [0.3, 0.4) is 0 Å². The van der Waals surface area contributed by atoms with Gasteiger partial charge in [0, 0.05) is 5.33 Å². The minimum absolute atomic E-state index is 0.332. The van der Waals surface area contributed by atoms with E-state index in [1.165, 1.54) is 5.56 Å². The summed E-state index contributed by atoms with van der Waals surface area (Å²) in [5.74, 6) is -0.898. The van der Waals surface area contributed by atoms with Crippen LogP contribution in [0.5, 0.6) is 0 Å². The van der Waals surface area contributed by atoms with Crippen LogP contribution in [0.25, 0.3) is 11.1 Å². The van der Waals surface area contributed by atoms with Crippen molar-refractivity contribution in [3.05, 3.63) is 59.7 Å². The monoisotopic (exact) mass is 290 g/mol. The Balaban J connectivity index is 2.48. The van der Waals surface area contributed by atoms with Gasteiger partial charge in [-0.25, -0.2) is 4.79 Å². The van der Waals surface area contributed by atoms with Crippen LogP contribution in [0, 0.1) is 0 Å². The van der Waals surface area contributed by atoms with Gasteiger partial charge in [-0.1, -0.05) is 58.4 Å². The fourth-order valence-electron chi connectivity index (χ4n) is 1.69. The van der Waals surface area contributed by atoms with Crippen molar-refractivity contribution in [1.82, 2.24) is 0 Å². The largest absolute Gasteiger partial charge is 0.478 e. The van der Waals surface area contributed by atoms with Crippen molar-refractivity contribution in [1.29, 1.82) is 0 Å². The molecule has 0 heterocycles. The van der Waals surface area contributed by atoms with Crippen LogP contribution >= 0.6 is 15.9 Å². The van der Waals surface area contributed by atoms with E-state index in [1.54, 1.807) is 12.1 Å². The van der Waals surface area contributed by atoms with E-state index < -0.39 is 5.97 Å². The van der Waals surface area contributed by atoms with Crippen LogP contribution in [0.2, 0.25) is 0 Å². The molecular formula is C14H11BrO2. The number of benzene rings is 2. The molecule has 0 aliphatic heterocycles. The van der Waals surface area contributed by atoms with Crippen LogP contribution in [0.4, 0.5) is 0 Å². The van der Waals surface area contributed by atoms with Crippen molar-refractivity contribution in [2.75, 3.05) is 0 Å². The highest BCUT2D eigenvalue weighted by molar-refractivity contribution is 9.08. The van der Waals surface area contributed by atoms with Crippen LogP contribution in [-0.2, 0) is 5.33 Å². The van der Waals surface area contributed by atoms with Crippen molar-refractivity contribution < 1.29 is 9.90 Å². The number of rotatable bonds is 3. The highest BCUT2D eigenvalue weighted by Gasteiger charge is 2.10. The lowest BCUT2D eigenvalue weighted by molar-refractivity contribution is 0.0698. The fourth-order valence-corrected chi connectivity index (χ4v) is 2.07. The van der Waals surface area contributed by atoms with Gasteiger partial charge in [-0.05, 0) is 22.8 Å². The predicted molar refractivity (Wildman–Crippen MR) is 71.5 cm³/mol. The number of alkyl halides is 1. The molecule has 2 rings (SSSR count). The number of hydrogen-bond acceptors (Lipinski definition) is 1. The van der Waals surface area contributed by atoms with Gasteiger partial charge in [0.25, 0.3) is 0 Å². The van der Waals surface area contributed by atoms with Gasteiger partial charge in [-0.15, -0.1) is 0 Å².